The standard InChI is InChI=1S/C25H22BrN3O2/c1-18-5-4-6-20(15-18)16-29-14-13-24(28-29)27-25(30)21-11-9-19(10-12-21)17-31-23-8-3-2-7-22(23)26/h2-15H,16-17H2,1H3,(H,27,28,30). The fraction of sp³-hybridized carbons (Fsp3) is 0.120. The number of nitrogens with one attached hydrogen (secondary N) is 1. The normalized spacial score (nSPS) is 10.6. The average Bonchev–Trinajstić information content (AvgIpc) is 3.20. The molecule has 5 nitrogen and oxygen atoms in total. The molecular formula is C25H22BrN3O2. The van der Waals surface area contributed by atoms with Gasteiger partial charge in [-0.05, 0) is 58.2 Å². The summed E-state index contributed by atoms with van der Waals surface area (Å²) in [6.07, 6.45) is 1.86. The number of benzene rings is 3. The van der Waals surface area contributed by atoms with Crippen molar-refractivity contribution in [3.05, 3.63) is 112 Å². The van der Waals surface area contributed by atoms with Gasteiger partial charge in [0.1, 0.15) is 12.4 Å². The minimum Gasteiger partial charge on any atom is -0.488 e. The Morgan fingerprint density at radius 3 is 2.58 bits per heavy atom. The number of hydrogen-bond donors (Lipinski definition) is 1. The van der Waals surface area contributed by atoms with E-state index < -0.39 is 0 Å². The molecule has 0 saturated heterocycles. The van der Waals surface area contributed by atoms with Gasteiger partial charge in [0.2, 0.25) is 0 Å². The van der Waals surface area contributed by atoms with E-state index in [1.54, 1.807) is 18.2 Å². The summed E-state index contributed by atoms with van der Waals surface area (Å²) < 4.78 is 8.54. The first kappa shape index (κ1) is 20.9. The van der Waals surface area contributed by atoms with E-state index in [0.29, 0.717) is 24.5 Å². The molecule has 3 aromatic carbocycles. The van der Waals surface area contributed by atoms with Crippen LogP contribution in [0.5, 0.6) is 5.75 Å². The smallest absolute Gasteiger partial charge is 0.256 e. The van der Waals surface area contributed by atoms with E-state index in [1.807, 2.05) is 53.3 Å². The van der Waals surface area contributed by atoms with Crippen molar-refractivity contribution in [2.24, 2.45) is 0 Å². The molecule has 0 aliphatic rings. The molecule has 1 heterocycles. The number of anilines is 1. The van der Waals surface area contributed by atoms with E-state index in [9.17, 15) is 4.79 Å². The predicted octanol–water partition coefficient (Wildman–Crippen LogP) is 5.83. The molecule has 0 bridgehead atoms. The molecule has 0 saturated carbocycles. The van der Waals surface area contributed by atoms with Gasteiger partial charge in [-0.1, -0.05) is 54.1 Å². The van der Waals surface area contributed by atoms with Crippen LogP contribution in [0.3, 0.4) is 0 Å². The Labute approximate surface area is 189 Å². The number of amides is 1. The molecule has 1 aromatic heterocycles. The zero-order valence-electron chi connectivity index (χ0n) is 17.1. The highest BCUT2D eigenvalue weighted by Gasteiger charge is 2.09. The SMILES string of the molecule is Cc1cccc(Cn2ccc(NC(=O)c3ccc(COc4ccccc4Br)cc3)n2)c1. The minimum absolute atomic E-state index is 0.195. The molecule has 4 rings (SSSR count). The summed E-state index contributed by atoms with van der Waals surface area (Å²) in [4.78, 5) is 12.6. The summed E-state index contributed by atoms with van der Waals surface area (Å²) >= 11 is 3.47. The third-order valence-electron chi connectivity index (χ3n) is 4.76. The first-order valence-electron chi connectivity index (χ1n) is 9.93. The Hall–Kier alpha value is -3.38. The summed E-state index contributed by atoms with van der Waals surface area (Å²) in [6, 6.07) is 25.2. The van der Waals surface area contributed by atoms with Gasteiger partial charge in [0.05, 0.1) is 11.0 Å². The van der Waals surface area contributed by atoms with Crippen molar-refractivity contribution in [1.82, 2.24) is 9.78 Å². The lowest BCUT2D eigenvalue weighted by molar-refractivity contribution is 0.102. The van der Waals surface area contributed by atoms with Crippen LogP contribution < -0.4 is 10.1 Å². The summed E-state index contributed by atoms with van der Waals surface area (Å²) in [6.45, 7) is 3.15. The fourth-order valence-electron chi connectivity index (χ4n) is 3.18. The number of carbonyl (C=O) groups excluding carboxylic acids is 1. The second kappa shape index (κ2) is 9.62. The zero-order chi connectivity index (χ0) is 21.6. The molecule has 0 unspecified atom stereocenters. The van der Waals surface area contributed by atoms with E-state index in [4.69, 9.17) is 4.74 Å². The number of para-hydroxylation sites is 1. The predicted molar refractivity (Wildman–Crippen MR) is 125 cm³/mol. The number of nitrogens with zero attached hydrogens (tertiary/aromatic N) is 2. The van der Waals surface area contributed by atoms with E-state index in [2.05, 4.69) is 51.5 Å². The van der Waals surface area contributed by atoms with E-state index in [0.717, 1.165) is 15.8 Å². The molecule has 31 heavy (non-hydrogen) atoms. The van der Waals surface area contributed by atoms with Crippen molar-refractivity contribution in [2.45, 2.75) is 20.1 Å². The molecule has 0 aliphatic heterocycles. The molecular weight excluding hydrogens is 454 g/mol. The Morgan fingerprint density at radius 2 is 1.81 bits per heavy atom. The number of rotatable bonds is 7. The second-order valence-electron chi connectivity index (χ2n) is 7.26. The summed E-state index contributed by atoms with van der Waals surface area (Å²) in [5.41, 5.74) is 3.93. The van der Waals surface area contributed by atoms with E-state index in [1.165, 1.54) is 11.1 Å². The maximum absolute atomic E-state index is 12.6. The van der Waals surface area contributed by atoms with E-state index in [-0.39, 0.29) is 5.91 Å². The molecule has 6 heteroatoms. The number of carbonyl (C=O) groups is 1. The molecule has 156 valence electrons. The molecule has 0 fully saturated rings. The third-order valence-corrected chi connectivity index (χ3v) is 5.41. The number of aromatic nitrogens is 2. The number of aryl methyl sites for hydroxylation is 1. The third kappa shape index (κ3) is 5.61. The zero-order valence-corrected chi connectivity index (χ0v) is 18.7. The first-order valence-corrected chi connectivity index (χ1v) is 10.7. The van der Waals surface area contributed by atoms with Gasteiger partial charge < -0.3 is 10.1 Å². The quantitative estimate of drug-likeness (QED) is 0.365. The van der Waals surface area contributed by atoms with Gasteiger partial charge in [0.25, 0.3) is 5.91 Å². The lowest BCUT2D eigenvalue weighted by atomic mass is 10.1. The highest BCUT2D eigenvalue weighted by molar-refractivity contribution is 9.10. The molecule has 1 N–H and O–H groups in total. The molecule has 0 atom stereocenters. The molecule has 0 aliphatic carbocycles. The van der Waals surface area contributed by atoms with Crippen LogP contribution in [0, 0.1) is 6.92 Å². The maximum Gasteiger partial charge on any atom is 0.256 e. The summed E-state index contributed by atoms with van der Waals surface area (Å²) in [5, 5.41) is 7.30. The van der Waals surface area contributed by atoms with Gasteiger partial charge in [0, 0.05) is 17.8 Å². The Balaban J connectivity index is 1.33. The van der Waals surface area contributed by atoms with Gasteiger partial charge in [-0.25, -0.2) is 0 Å². The lowest BCUT2D eigenvalue weighted by Crippen LogP contribution is -2.13. The lowest BCUT2D eigenvalue weighted by Gasteiger charge is -2.08. The maximum atomic E-state index is 12.6. The van der Waals surface area contributed by atoms with Gasteiger partial charge in [-0.2, -0.15) is 5.10 Å². The van der Waals surface area contributed by atoms with Crippen molar-refractivity contribution >= 4 is 27.7 Å². The van der Waals surface area contributed by atoms with Gasteiger partial charge in [-0.3, -0.25) is 9.48 Å². The Morgan fingerprint density at radius 1 is 1.00 bits per heavy atom. The van der Waals surface area contributed by atoms with Gasteiger partial charge in [-0.15, -0.1) is 0 Å². The van der Waals surface area contributed by atoms with Gasteiger partial charge in [0.15, 0.2) is 5.82 Å². The topological polar surface area (TPSA) is 56.2 Å². The van der Waals surface area contributed by atoms with Crippen LogP contribution in [0.2, 0.25) is 0 Å². The Kier molecular flexibility index (Phi) is 6.48. The average molecular weight is 476 g/mol. The van der Waals surface area contributed by atoms with Gasteiger partial charge >= 0.3 is 0 Å². The highest BCUT2D eigenvalue weighted by Crippen LogP contribution is 2.24. The van der Waals surface area contributed by atoms with Crippen molar-refractivity contribution < 1.29 is 9.53 Å². The van der Waals surface area contributed by atoms with Crippen molar-refractivity contribution in [3.8, 4) is 5.75 Å². The monoisotopic (exact) mass is 475 g/mol. The number of hydrogen-bond acceptors (Lipinski definition) is 3. The molecule has 0 radical (unpaired) electrons. The van der Waals surface area contributed by atoms with Crippen molar-refractivity contribution in [3.63, 3.8) is 0 Å². The van der Waals surface area contributed by atoms with E-state index >= 15 is 0 Å². The number of ether oxygens (including phenoxy) is 1. The van der Waals surface area contributed by atoms with Crippen LogP contribution in [-0.4, -0.2) is 15.7 Å². The number of halogens is 1. The highest BCUT2D eigenvalue weighted by atomic mass is 79.9. The molecule has 4 aromatic rings. The van der Waals surface area contributed by atoms with Crippen LogP contribution in [0.1, 0.15) is 27.0 Å². The van der Waals surface area contributed by atoms with Crippen LogP contribution >= 0.6 is 15.9 Å². The van der Waals surface area contributed by atoms with Crippen LogP contribution in [0.15, 0.2) is 89.5 Å². The summed E-state index contributed by atoms with van der Waals surface area (Å²) in [5.74, 6) is 1.11. The Bertz CT molecular complexity index is 1190. The largest absolute Gasteiger partial charge is 0.488 e. The van der Waals surface area contributed by atoms with Crippen LogP contribution in [-0.2, 0) is 13.2 Å². The molecule has 1 amide bonds. The summed E-state index contributed by atoms with van der Waals surface area (Å²) in [7, 11) is 0. The minimum atomic E-state index is -0.195. The first-order chi connectivity index (χ1) is 15.1. The molecule has 0 spiro atoms. The van der Waals surface area contributed by atoms with Crippen molar-refractivity contribution in [2.75, 3.05) is 5.32 Å². The van der Waals surface area contributed by atoms with Crippen LogP contribution in [0.25, 0.3) is 0 Å². The van der Waals surface area contributed by atoms with Crippen LogP contribution in [0.4, 0.5) is 5.82 Å². The fourth-order valence-corrected chi connectivity index (χ4v) is 3.58. The van der Waals surface area contributed by atoms with Crippen molar-refractivity contribution in [1.29, 1.82) is 0 Å². The second-order valence-corrected chi connectivity index (χ2v) is 8.11.